The number of nitrogens with one attached hydrogen (secondary N) is 1. The van der Waals surface area contributed by atoms with Crippen LogP contribution in [0.3, 0.4) is 0 Å². The number of rotatable bonds is 7. The first-order valence-electron chi connectivity index (χ1n) is 7.12. The van der Waals surface area contributed by atoms with Gasteiger partial charge in [-0.2, -0.15) is 11.8 Å². The quantitative estimate of drug-likeness (QED) is 0.786. The molecule has 1 N–H and O–H groups in total. The third kappa shape index (κ3) is 4.67. The number of nitrogens with zero attached hydrogens (tertiary/aromatic N) is 1. The van der Waals surface area contributed by atoms with Gasteiger partial charge in [0.05, 0.1) is 12.3 Å². The molecular formula is C15H20N2O3S. The van der Waals surface area contributed by atoms with Crippen LogP contribution in [0.4, 0.5) is 16.2 Å². The number of ether oxygens (including phenoxy) is 1. The number of anilines is 2. The molecule has 1 aliphatic heterocycles. The van der Waals surface area contributed by atoms with Crippen LogP contribution in [-0.4, -0.2) is 36.7 Å². The molecule has 0 aromatic heterocycles. The Kier molecular flexibility index (Phi) is 5.92. The lowest BCUT2D eigenvalue weighted by Crippen LogP contribution is -2.23. The summed E-state index contributed by atoms with van der Waals surface area (Å²) in [5.74, 6) is 1.44. The lowest BCUT2D eigenvalue weighted by Gasteiger charge is -2.14. The number of benzene rings is 1. The number of amides is 2. The maximum absolute atomic E-state index is 11.8. The Morgan fingerprint density at radius 1 is 1.48 bits per heavy atom. The van der Waals surface area contributed by atoms with Crippen LogP contribution in [-0.2, 0) is 9.53 Å². The molecule has 5 nitrogen and oxygen atoms in total. The molecule has 1 heterocycles. The van der Waals surface area contributed by atoms with Gasteiger partial charge in [0.15, 0.2) is 0 Å². The van der Waals surface area contributed by atoms with Gasteiger partial charge >= 0.3 is 6.09 Å². The SMILES string of the molecule is CCCCSCC(=O)Nc1cccc(N2CCOC2=O)c1. The highest BCUT2D eigenvalue weighted by Gasteiger charge is 2.23. The van der Waals surface area contributed by atoms with Gasteiger partial charge in [-0.1, -0.05) is 19.4 Å². The number of hydrogen-bond donors (Lipinski definition) is 1. The molecule has 0 saturated carbocycles. The van der Waals surface area contributed by atoms with Crippen LogP contribution in [0.5, 0.6) is 0 Å². The van der Waals surface area contributed by atoms with Crippen molar-refractivity contribution in [3.8, 4) is 0 Å². The summed E-state index contributed by atoms with van der Waals surface area (Å²) in [6.07, 6.45) is 1.93. The summed E-state index contributed by atoms with van der Waals surface area (Å²) in [7, 11) is 0. The summed E-state index contributed by atoms with van der Waals surface area (Å²) in [6.45, 7) is 3.09. The molecule has 1 saturated heterocycles. The third-order valence-electron chi connectivity index (χ3n) is 3.08. The number of hydrogen-bond acceptors (Lipinski definition) is 4. The molecule has 0 atom stereocenters. The summed E-state index contributed by atoms with van der Waals surface area (Å²) in [6, 6.07) is 7.26. The zero-order valence-corrected chi connectivity index (χ0v) is 12.9. The molecule has 114 valence electrons. The van der Waals surface area contributed by atoms with E-state index >= 15 is 0 Å². The minimum absolute atomic E-state index is 0.0164. The molecule has 1 aromatic rings. The Bertz CT molecular complexity index is 507. The standard InChI is InChI=1S/C15H20N2O3S/c1-2-3-9-21-11-14(18)16-12-5-4-6-13(10-12)17-7-8-20-15(17)19/h4-6,10H,2-3,7-9,11H2,1H3,(H,16,18). The Labute approximate surface area is 129 Å². The summed E-state index contributed by atoms with van der Waals surface area (Å²) < 4.78 is 4.91. The Morgan fingerprint density at radius 3 is 3.05 bits per heavy atom. The predicted octanol–water partition coefficient (Wildman–Crippen LogP) is 3.12. The Balaban J connectivity index is 1.89. The maximum atomic E-state index is 11.8. The second-order valence-corrected chi connectivity index (χ2v) is 5.88. The molecule has 6 heteroatoms. The summed E-state index contributed by atoms with van der Waals surface area (Å²) in [4.78, 5) is 24.9. The van der Waals surface area contributed by atoms with Crippen molar-refractivity contribution in [2.75, 3.05) is 34.9 Å². The summed E-state index contributed by atoms with van der Waals surface area (Å²) >= 11 is 1.64. The van der Waals surface area contributed by atoms with Crippen LogP contribution in [0.1, 0.15) is 19.8 Å². The van der Waals surface area contributed by atoms with Gasteiger partial charge in [-0.25, -0.2) is 4.79 Å². The van der Waals surface area contributed by atoms with Gasteiger partial charge < -0.3 is 10.1 Å². The number of carbonyl (C=O) groups is 2. The van der Waals surface area contributed by atoms with Crippen molar-refractivity contribution in [2.45, 2.75) is 19.8 Å². The molecule has 0 spiro atoms. The average Bonchev–Trinajstić information content (AvgIpc) is 2.90. The van der Waals surface area contributed by atoms with E-state index in [-0.39, 0.29) is 12.0 Å². The molecule has 2 rings (SSSR count). The molecule has 1 fully saturated rings. The van der Waals surface area contributed by atoms with Gasteiger partial charge in [-0.15, -0.1) is 0 Å². The van der Waals surface area contributed by atoms with Gasteiger partial charge in [-0.3, -0.25) is 9.69 Å². The van der Waals surface area contributed by atoms with E-state index in [4.69, 9.17) is 4.74 Å². The largest absolute Gasteiger partial charge is 0.447 e. The second-order valence-electron chi connectivity index (χ2n) is 4.77. The van der Waals surface area contributed by atoms with Crippen LogP contribution in [0.15, 0.2) is 24.3 Å². The minimum atomic E-state index is -0.339. The van der Waals surface area contributed by atoms with E-state index in [0.717, 1.165) is 24.3 Å². The fraction of sp³-hybridized carbons (Fsp3) is 0.467. The van der Waals surface area contributed by atoms with Crippen molar-refractivity contribution in [1.29, 1.82) is 0 Å². The van der Waals surface area contributed by atoms with Crippen LogP contribution < -0.4 is 10.2 Å². The fourth-order valence-electron chi connectivity index (χ4n) is 1.99. The van der Waals surface area contributed by atoms with Crippen LogP contribution >= 0.6 is 11.8 Å². The second kappa shape index (κ2) is 7.93. The fourth-order valence-corrected chi connectivity index (χ4v) is 2.88. The highest BCUT2D eigenvalue weighted by atomic mass is 32.2. The lowest BCUT2D eigenvalue weighted by molar-refractivity contribution is -0.113. The molecule has 21 heavy (non-hydrogen) atoms. The van der Waals surface area contributed by atoms with E-state index in [9.17, 15) is 9.59 Å². The van der Waals surface area contributed by atoms with Crippen molar-refractivity contribution in [1.82, 2.24) is 0 Å². The minimum Gasteiger partial charge on any atom is -0.447 e. The first kappa shape index (κ1) is 15.7. The molecule has 0 radical (unpaired) electrons. The number of thioether (sulfide) groups is 1. The molecule has 1 aliphatic rings. The van der Waals surface area contributed by atoms with Crippen molar-refractivity contribution < 1.29 is 14.3 Å². The number of unbranched alkanes of at least 4 members (excludes halogenated alkanes) is 1. The van der Waals surface area contributed by atoms with Gasteiger partial charge in [0.25, 0.3) is 0 Å². The van der Waals surface area contributed by atoms with E-state index in [2.05, 4.69) is 12.2 Å². The predicted molar refractivity (Wildman–Crippen MR) is 86.0 cm³/mol. The van der Waals surface area contributed by atoms with E-state index in [1.807, 2.05) is 18.2 Å². The zero-order valence-electron chi connectivity index (χ0n) is 12.1. The number of carbonyl (C=O) groups excluding carboxylic acids is 2. The van der Waals surface area contributed by atoms with Crippen molar-refractivity contribution >= 4 is 35.1 Å². The normalized spacial score (nSPS) is 14.1. The van der Waals surface area contributed by atoms with Crippen LogP contribution in [0.25, 0.3) is 0 Å². The van der Waals surface area contributed by atoms with E-state index in [1.54, 1.807) is 22.7 Å². The highest BCUT2D eigenvalue weighted by Crippen LogP contribution is 2.22. The Hall–Kier alpha value is -1.69. The van der Waals surface area contributed by atoms with Crippen molar-refractivity contribution in [3.63, 3.8) is 0 Å². The molecule has 2 amide bonds. The van der Waals surface area contributed by atoms with Gasteiger partial charge in [0.2, 0.25) is 5.91 Å². The Morgan fingerprint density at radius 2 is 2.33 bits per heavy atom. The third-order valence-corrected chi connectivity index (χ3v) is 4.12. The van der Waals surface area contributed by atoms with Gasteiger partial charge in [0, 0.05) is 11.4 Å². The van der Waals surface area contributed by atoms with E-state index < -0.39 is 0 Å². The monoisotopic (exact) mass is 308 g/mol. The maximum Gasteiger partial charge on any atom is 0.414 e. The van der Waals surface area contributed by atoms with E-state index in [0.29, 0.717) is 24.6 Å². The zero-order chi connectivity index (χ0) is 15.1. The number of cyclic esters (lactones) is 1. The summed E-state index contributed by atoms with van der Waals surface area (Å²) in [5.41, 5.74) is 1.45. The molecule has 0 bridgehead atoms. The molecular weight excluding hydrogens is 288 g/mol. The van der Waals surface area contributed by atoms with Crippen LogP contribution in [0.2, 0.25) is 0 Å². The first-order chi connectivity index (χ1) is 10.2. The first-order valence-corrected chi connectivity index (χ1v) is 8.28. The van der Waals surface area contributed by atoms with Crippen LogP contribution in [0, 0.1) is 0 Å². The van der Waals surface area contributed by atoms with Gasteiger partial charge in [-0.05, 0) is 30.4 Å². The lowest BCUT2D eigenvalue weighted by atomic mass is 10.2. The average molecular weight is 308 g/mol. The summed E-state index contributed by atoms with van der Waals surface area (Å²) in [5, 5.41) is 2.86. The van der Waals surface area contributed by atoms with E-state index in [1.165, 1.54) is 0 Å². The highest BCUT2D eigenvalue weighted by molar-refractivity contribution is 7.99. The molecule has 1 aromatic carbocycles. The van der Waals surface area contributed by atoms with Crippen molar-refractivity contribution in [2.24, 2.45) is 0 Å². The van der Waals surface area contributed by atoms with Gasteiger partial charge in [0.1, 0.15) is 6.61 Å². The smallest absolute Gasteiger partial charge is 0.414 e. The molecule has 0 unspecified atom stereocenters. The van der Waals surface area contributed by atoms with Crippen molar-refractivity contribution in [3.05, 3.63) is 24.3 Å². The molecule has 0 aliphatic carbocycles. The topological polar surface area (TPSA) is 58.6 Å².